The van der Waals surface area contributed by atoms with Crippen molar-refractivity contribution >= 4 is 17.7 Å². The minimum Gasteiger partial charge on any atom is -0.477 e. The van der Waals surface area contributed by atoms with Crippen LogP contribution < -0.4 is 10.6 Å². The molecular weight excluding hydrogens is 236 g/mol. The van der Waals surface area contributed by atoms with Gasteiger partial charge in [-0.3, -0.25) is 4.79 Å². The van der Waals surface area contributed by atoms with Crippen molar-refractivity contribution in [2.24, 2.45) is 5.73 Å². The molecule has 1 saturated heterocycles. The lowest BCUT2D eigenvalue weighted by atomic mass is 10.2. The van der Waals surface area contributed by atoms with Crippen LogP contribution >= 0.6 is 0 Å². The van der Waals surface area contributed by atoms with Gasteiger partial charge in [0, 0.05) is 12.7 Å². The number of carbonyl (C=O) groups excluding carboxylic acids is 1. The summed E-state index contributed by atoms with van der Waals surface area (Å²) in [6, 6.07) is -0.489. The van der Waals surface area contributed by atoms with E-state index >= 15 is 0 Å². The lowest BCUT2D eigenvalue weighted by Crippen LogP contribution is -2.41. The molecule has 1 aliphatic heterocycles. The van der Waals surface area contributed by atoms with E-state index in [1.54, 1.807) is 11.8 Å². The van der Waals surface area contributed by atoms with Crippen molar-refractivity contribution in [1.82, 2.24) is 9.97 Å². The van der Waals surface area contributed by atoms with Crippen LogP contribution in [-0.2, 0) is 4.79 Å². The predicted molar refractivity (Wildman–Crippen MR) is 63.3 cm³/mol. The van der Waals surface area contributed by atoms with E-state index in [0.717, 1.165) is 6.42 Å². The fraction of sp³-hybridized carbons (Fsp3) is 0.455. The molecule has 3 N–H and O–H groups in total. The van der Waals surface area contributed by atoms with Gasteiger partial charge in [0.25, 0.3) is 0 Å². The molecule has 7 nitrogen and oxygen atoms in total. The summed E-state index contributed by atoms with van der Waals surface area (Å²) < 4.78 is 0. The maximum atomic E-state index is 11.3. The number of nitrogens with two attached hydrogens (primary N) is 1. The Bertz CT molecular complexity index is 503. The number of amides is 1. The Morgan fingerprint density at radius 2 is 2.28 bits per heavy atom. The maximum Gasteiger partial charge on any atom is 0.341 e. The summed E-state index contributed by atoms with van der Waals surface area (Å²) >= 11 is 0. The smallest absolute Gasteiger partial charge is 0.341 e. The van der Waals surface area contributed by atoms with Gasteiger partial charge in [0.1, 0.15) is 23.2 Å². The van der Waals surface area contributed by atoms with Crippen LogP contribution in [0.3, 0.4) is 0 Å². The fourth-order valence-corrected chi connectivity index (χ4v) is 2.14. The zero-order valence-electron chi connectivity index (χ0n) is 9.96. The van der Waals surface area contributed by atoms with E-state index in [-0.39, 0.29) is 11.4 Å². The SMILES string of the molecule is Cc1ncc(C(=O)O)c(N2CCCC2C(N)=O)n1. The highest BCUT2D eigenvalue weighted by atomic mass is 16.4. The van der Waals surface area contributed by atoms with Crippen molar-refractivity contribution in [1.29, 1.82) is 0 Å². The molecule has 1 aliphatic rings. The van der Waals surface area contributed by atoms with Crippen LogP contribution in [0, 0.1) is 6.92 Å². The molecule has 2 rings (SSSR count). The predicted octanol–water partition coefficient (Wildman–Crippen LogP) is -0.0627. The third-order valence-electron chi connectivity index (χ3n) is 2.97. The molecule has 2 heterocycles. The van der Waals surface area contributed by atoms with E-state index in [9.17, 15) is 9.59 Å². The van der Waals surface area contributed by atoms with Crippen molar-refractivity contribution in [3.63, 3.8) is 0 Å². The number of primary amides is 1. The Kier molecular flexibility index (Phi) is 3.14. The van der Waals surface area contributed by atoms with Gasteiger partial charge < -0.3 is 15.7 Å². The summed E-state index contributed by atoms with van der Waals surface area (Å²) in [6.07, 6.45) is 2.67. The monoisotopic (exact) mass is 250 g/mol. The van der Waals surface area contributed by atoms with Crippen LogP contribution in [0.4, 0.5) is 5.82 Å². The van der Waals surface area contributed by atoms with Crippen LogP contribution in [-0.4, -0.2) is 39.5 Å². The number of carboxylic acid groups (broad SMARTS) is 1. The number of aromatic carboxylic acids is 1. The van der Waals surface area contributed by atoms with Gasteiger partial charge in [0.2, 0.25) is 5.91 Å². The van der Waals surface area contributed by atoms with E-state index in [0.29, 0.717) is 18.8 Å². The quantitative estimate of drug-likeness (QED) is 0.777. The van der Waals surface area contributed by atoms with Gasteiger partial charge in [0.05, 0.1) is 0 Å². The molecule has 96 valence electrons. The molecule has 1 amide bonds. The number of rotatable bonds is 3. The summed E-state index contributed by atoms with van der Waals surface area (Å²) in [7, 11) is 0. The Hall–Kier alpha value is -2.18. The van der Waals surface area contributed by atoms with Crippen molar-refractivity contribution in [3.05, 3.63) is 17.6 Å². The van der Waals surface area contributed by atoms with Gasteiger partial charge in [-0.2, -0.15) is 0 Å². The number of hydrogen-bond acceptors (Lipinski definition) is 5. The van der Waals surface area contributed by atoms with Crippen molar-refractivity contribution in [2.45, 2.75) is 25.8 Å². The van der Waals surface area contributed by atoms with Gasteiger partial charge in [-0.25, -0.2) is 14.8 Å². The van der Waals surface area contributed by atoms with Crippen LogP contribution in [0.1, 0.15) is 29.0 Å². The molecule has 0 aromatic carbocycles. The lowest BCUT2D eigenvalue weighted by molar-refractivity contribution is -0.119. The van der Waals surface area contributed by atoms with Crippen molar-refractivity contribution in [2.75, 3.05) is 11.4 Å². The molecule has 18 heavy (non-hydrogen) atoms. The second-order valence-electron chi connectivity index (χ2n) is 4.21. The third kappa shape index (κ3) is 2.11. The summed E-state index contributed by atoms with van der Waals surface area (Å²) in [5.41, 5.74) is 5.31. The molecule has 0 spiro atoms. The number of aryl methyl sites for hydroxylation is 1. The average molecular weight is 250 g/mol. The molecule has 0 radical (unpaired) electrons. The van der Waals surface area contributed by atoms with E-state index in [1.807, 2.05) is 0 Å². The third-order valence-corrected chi connectivity index (χ3v) is 2.97. The number of anilines is 1. The first-order valence-corrected chi connectivity index (χ1v) is 5.63. The molecule has 0 saturated carbocycles. The Labute approximate surface area is 104 Å². The first-order chi connectivity index (χ1) is 8.50. The molecule has 1 atom stereocenters. The van der Waals surface area contributed by atoms with E-state index in [2.05, 4.69) is 9.97 Å². The number of carbonyl (C=O) groups is 2. The molecule has 1 unspecified atom stereocenters. The normalized spacial score (nSPS) is 18.9. The summed E-state index contributed by atoms with van der Waals surface area (Å²) in [4.78, 5) is 32.1. The minimum atomic E-state index is -1.11. The van der Waals surface area contributed by atoms with Gasteiger partial charge in [-0.1, -0.05) is 0 Å². The lowest BCUT2D eigenvalue weighted by Gasteiger charge is -2.24. The second-order valence-corrected chi connectivity index (χ2v) is 4.21. The zero-order chi connectivity index (χ0) is 13.3. The van der Waals surface area contributed by atoms with E-state index in [4.69, 9.17) is 10.8 Å². The number of aromatic nitrogens is 2. The molecule has 1 fully saturated rings. The zero-order valence-corrected chi connectivity index (χ0v) is 9.96. The topological polar surface area (TPSA) is 109 Å². The van der Waals surface area contributed by atoms with Gasteiger partial charge in [0.15, 0.2) is 0 Å². The summed E-state index contributed by atoms with van der Waals surface area (Å²) in [5.74, 6) is -0.832. The minimum absolute atomic E-state index is 0.00579. The van der Waals surface area contributed by atoms with Gasteiger partial charge in [-0.05, 0) is 19.8 Å². The van der Waals surface area contributed by atoms with Crippen molar-refractivity contribution < 1.29 is 14.7 Å². The highest BCUT2D eigenvalue weighted by Gasteiger charge is 2.32. The van der Waals surface area contributed by atoms with Gasteiger partial charge >= 0.3 is 5.97 Å². The van der Waals surface area contributed by atoms with Gasteiger partial charge in [-0.15, -0.1) is 0 Å². The average Bonchev–Trinajstić information content (AvgIpc) is 2.77. The summed E-state index contributed by atoms with van der Waals surface area (Å²) in [6.45, 7) is 2.24. The molecule has 1 aromatic heterocycles. The first kappa shape index (κ1) is 12.3. The summed E-state index contributed by atoms with van der Waals surface area (Å²) in [5, 5.41) is 9.12. The Morgan fingerprint density at radius 1 is 1.56 bits per heavy atom. The molecular formula is C11H14N4O3. The number of nitrogens with zero attached hydrogens (tertiary/aromatic N) is 3. The molecule has 1 aromatic rings. The standard InChI is InChI=1S/C11H14N4O3/c1-6-13-5-7(11(17)18)10(14-6)15-4-2-3-8(15)9(12)16/h5,8H,2-4H2,1H3,(H2,12,16)(H,17,18). The van der Waals surface area contributed by atoms with Crippen LogP contribution in [0.2, 0.25) is 0 Å². The molecule has 0 aliphatic carbocycles. The molecule has 0 bridgehead atoms. The van der Waals surface area contributed by atoms with E-state index < -0.39 is 17.9 Å². The van der Waals surface area contributed by atoms with Crippen LogP contribution in [0.5, 0.6) is 0 Å². The van der Waals surface area contributed by atoms with E-state index in [1.165, 1.54) is 6.20 Å². The second kappa shape index (κ2) is 4.59. The fourth-order valence-electron chi connectivity index (χ4n) is 2.14. The maximum absolute atomic E-state index is 11.3. The highest BCUT2D eigenvalue weighted by Crippen LogP contribution is 2.26. The molecule has 7 heteroatoms. The van der Waals surface area contributed by atoms with Crippen molar-refractivity contribution in [3.8, 4) is 0 Å². The number of hydrogen-bond donors (Lipinski definition) is 2. The highest BCUT2D eigenvalue weighted by molar-refractivity contribution is 5.94. The van der Waals surface area contributed by atoms with Crippen LogP contribution in [0.25, 0.3) is 0 Å². The first-order valence-electron chi connectivity index (χ1n) is 5.63. The Balaban J connectivity index is 2.46. The Morgan fingerprint density at radius 3 is 2.89 bits per heavy atom. The largest absolute Gasteiger partial charge is 0.477 e. The van der Waals surface area contributed by atoms with Crippen LogP contribution in [0.15, 0.2) is 6.20 Å². The number of carboxylic acids is 1.